The summed E-state index contributed by atoms with van der Waals surface area (Å²) in [5, 5.41) is 32.7. The van der Waals surface area contributed by atoms with Gasteiger partial charge in [0.2, 0.25) is 5.82 Å². The van der Waals surface area contributed by atoms with Gasteiger partial charge in [0, 0.05) is 35.3 Å². The molecular weight excluding hydrogens is 723 g/mol. The Morgan fingerprint density at radius 3 is 1.66 bits per heavy atom. The van der Waals surface area contributed by atoms with Crippen LogP contribution in [0.1, 0.15) is 35.7 Å². The van der Waals surface area contributed by atoms with Crippen molar-refractivity contribution in [1.29, 1.82) is 0 Å². The lowest BCUT2D eigenvalue weighted by atomic mass is 10.0. The first-order valence-electron chi connectivity index (χ1n) is 14.9. The SMILES string of the molecule is Cc1noc(C)c1-c1ccc(F)c([N+](=O)[O-])c1.Cc1noc(C)c1-c1ccc(N[C@H]2CCS(=O)(=O)C2)c([N+](=O)[O-])c1.Cl.N[C@H]1CCS(=O)(=O)C1. The molecule has 0 aliphatic carbocycles. The second-order valence-electron chi connectivity index (χ2n) is 11.7. The van der Waals surface area contributed by atoms with Crippen molar-refractivity contribution < 1.29 is 40.1 Å². The van der Waals surface area contributed by atoms with Crippen LogP contribution in [0.25, 0.3) is 22.3 Å². The van der Waals surface area contributed by atoms with Crippen LogP contribution < -0.4 is 11.1 Å². The maximum absolute atomic E-state index is 13.2. The summed E-state index contributed by atoms with van der Waals surface area (Å²) in [7, 11) is -5.78. The zero-order chi connectivity index (χ0) is 36.3. The van der Waals surface area contributed by atoms with Gasteiger partial charge in [-0.25, -0.2) is 16.8 Å². The summed E-state index contributed by atoms with van der Waals surface area (Å²) >= 11 is 0. The van der Waals surface area contributed by atoms with Gasteiger partial charge < -0.3 is 20.1 Å². The van der Waals surface area contributed by atoms with Crippen LogP contribution in [-0.2, 0) is 19.7 Å². The van der Waals surface area contributed by atoms with Crippen LogP contribution >= 0.6 is 12.4 Å². The number of rotatable bonds is 6. The number of nitro groups is 2. The molecule has 0 amide bonds. The molecule has 0 spiro atoms. The lowest BCUT2D eigenvalue weighted by Gasteiger charge is -2.13. The molecule has 0 radical (unpaired) electrons. The second-order valence-corrected chi connectivity index (χ2v) is 16.2. The third-order valence-corrected chi connectivity index (χ3v) is 11.4. The third kappa shape index (κ3) is 9.83. The highest BCUT2D eigenvalue weighted by Crippen LogP contribution is 2.35. The number of aromatic nitrogens is 2. The van der Waals surface area contributed by atoms with E-state index in [1.165, 1.54) is 18.2 Å². The number of nitrogens with zero attached hydrogens (tertiary/aromatic N) is 4. The van der Waals surface area contributed by atoms with E-state index < -0.39 is 41.0 Å². The van der Waals surface area contributed by atoms with Crippen molar-refractivity contribution in [3.63, 3.8) is 0 Å². The van der Waals surface area contributed by atoms with Gasteiger partial charge in [-0.15, -0.1) is 12.4 Å². The van der Waals surface area contributed by atoms with Gasteiger partial charge in [0.15, 0.2) is 19.7 Å². The summed E-state index contributed by atoms with van der Waals surface area (Å²) < 4.78 is 67.5. The minimum atomic E-state index is -3.06. The second kappa shape index (κ2) is 16.0. The maximum atomic E-state index is 13.2. The van der Waals surface area contributed by atoms with Crippen molar-refractivity contribution in [2.45, 2.75) is 52.6 Å². The van der Waals surface area contributed by atoms with Crippen molar-refractivity contribution >= 4 is 49.1 Å². The van der Waals surface area contributed by atoms with E-state index in [0.29, 0.717) is 58.1 Å². The molecule has 2 saturated heterocycles. The predicted molar refractivity (Wildman–Crippen MR) is 185 cm³/mol. The van der Waals surface area contributed by atoms with Gasteiger partial charge in [0.05, 0.1) is 44.2 Å². The van der Waals surface area contributed by atoms with Crippen molar-refractivity contribution in [1.82, 2.24) is 10.3 Å². The number of anilines is 1. The molecule has 4 heterocycles. The molecule has 0 saturated carbocycles. The number of hydrogen-bond acceptors (Lipinski definition) is 14. The van der Waals surface area contributed by atoms with Gasteiger partial charge in [-0.05, 0) is 63.8 Å². The van der Waals surface area contributed by atoms with Crippen molar-refractivity contribution in [2.24, 2.45) is 5.73 Å². The normalized spacial score (nSPS) is 18.5. The van der Waals surface area contributed by atoms with Crippen molar-refractivity contribution in [3.05, 3.63) is 85.4 Å². The number of halogens is 2. The van der Waals surface area contributed by atoms with Crippen LogP contribution in [0.5, 0.6) is 0 Å². The smallest absolute Gasteiger partial charge is 0.305 e. The Morgan fingerprint density at radius 1 is 0.800 bits per heavy atom. The van der Waals surface area contributed by atoms with Gasteiger partial charge >= 0.3 is 5.69 Å². The van der Waals surface area contributed by atoms with E-state index in [2.05, 4.69) is 15.6 Å². The molecular formula is C30H36ClFN6O10S2. The highest BCUT2D eigenvalue weighted by molar-refractivity contribution is 7.91. The summed E-state index contributed by atoms with van der Waals surface area (Å²) in [5.41, 5.74) is 8.82. The molecule has 0 unspecified atom stereocenters. The first-order chi connectivity index (χ1) is 22.9. The number of nitrogens with two attached hydrogens (primary N) is 1. The monoisotopic (exact) mass is 758 g/mol. The fourth-order valence-corrected chi connectivity index (χ4v) is 8.83. The van der Waals surface area contributed by atoms with Crippen LogP contribution in [0.15, 0.2) is 45.4 Å². The van der Waals surface area contributed by atoms with E-state index >= 15 is 0 Å². The number of nitro benzene ring substituents is 2. The Kier molecular flexibility index (Phi) is 12.8. The summed E-state index contributed by atoms with van der Waals surface area (Å²) in [6.07, 6.45) is 1.09. The van der Waals surface area contributed by atoms with Gasteiger partial charge in [0.25, 0.3) is 5.69 Å². The standard InChI is InChI=1S/C15H17N3O5S.C11H9FN2O3.C4H9NO2S.ClH/c1-9-15(10(2)23-17-9)11-3-4-13(14(7-11)18(19)20)16-12-5-6-24(21,22)8-12;1-6-11(7(2)17-13-6)8-3-4-9(12)10(5-8)14(15)16;5-4-1-2-8(6,7)3-4;/h3-4,7,12,16H,5-6,8H2,1-2H3;3-5H,1-2H3;4H,1-3,5H2;1H/t12-;;4-;/m0.0./s1. The molecule has 2 aromatic carbocycles. The molecule has 2 aliphatic rings. The molecule has 20 heteroatoms. The van der Waals surface area contributed by atoms with Gasteiger partial charge in [-0.1, -0.05) is 22.4 Å². The zero-order valence-electron chi connectivity index (χ0n) is 27.4. The highest BCUT2D eigenvalue weighted by Gasteiger charge is 2.30. The summed E-state index contributed by atoms with van der Waals surface area (Å²) in [5.74, 6) is 0.852. The van der Waals surface area contributed by atoms with Crippen LogP contribution in [0.3, 0.4) is 0 Å². The molecule has 6 rings (SSSR count). The Hall–Kier alpha value is -4.46. The predicted octanol–water partition coefficient (Wildman–Crippen LogP) is 5.03. The van der Waals surface area contributed by atoms with E-state index in [-0.39, 0.29) is 53.2 Å². The molecule has 2 atom stereocenters. The molecule has 3 N–H and O–H groups in total. The van der Waals surface area contributed by atoms with E-state index in [4.69, 9.17) is 14.8 Å². The van der Waals surface area contributed by atoms with E-state index in [1.807, 2.05) is 0 Å². The summed E-state index contributed by atoms with van der Waals surface area (Å²) in [4.78, 5) is 20.8. The quantitative estimate of drug-likeness (QED) is 0.194. The number of benzene rings is 2. The molecule has 16 nitrogen and oxygen atoms in total. The fraction of sp³-hybridized carbons (Fsp3) is 0.400. The van der Waals surface area contributed by atoms with E-state index in [9.17, 15) is 41.5 Å². The Bertz CT molecular complexity index is 2060. The molecule has 272 valence electrons. The van der Waals surface area contributed by atoms with Crippen molar-refractivity contribution in [2.75, 3.05) is 28.3 Å². The first kappa shape index (κ1) is 40.0. The van der Waals surface area contributed by atoms with Crippen molar-refractivity contribution in [3.8, 4) is 22.3 Å². The first-order valence-corrected chi connectivity index (χ1v) is 18.5. The largest absolute Gasteiger partial charge is 0.376 e. The van der Waals surface area contributed by atoms with Crippen LogP contribution in [0.2, 0.25) is 0 Å². The lowest BCUT2D eigenvalue weighted by molar-refractivity contribution is -0.387. The Labute approximate surface area is 293 Å². The molecule has 2 aliphatic heterocycles. The van der Waals surface area contributed by atoms with E-state index in [0.717, 1.165) is 11.6 Å². The third-order valence-electron chi connectivity index (χ3n) is 7.84. The number of sulfone groups is 2. The average molecular weight is 759 g/mol. The summed E-state index contributed by atoms with van der Waals surface area (Å²) in [6, 6.07) is 8.11. The van der Waals surface area contributed by atoms with Crippen LogP contribution in [0, 0.1) is 53.7 Å². The molecule has 4 aromatic rings. The molecule has 2 fully saturated rings. The topological polar surface area (TPSA) is 245 Å². The van der Waals surface area contributed by atoms with Gasteiger partial charge in [0.1, 0.15) is 17.2 Å². The summed E-state index contributed by atoms with van der Waals surface area (Å²) in [6.45, 7) is 6.94. The van der Waals surface area contributed by atoms with Crippen LogP contribution in [-0.4, -0.2) is 72.1 Å². The average Bonchev–Trinajstić information content (AvgIpc) is 3.74. The Morgan fingerprint density at radius 2 is 1.28 bits per heavy atom. The molecule has 0 bridgehead atoms. The highest BCUT2D eigenvalue weighted by atomic mass is 35.5. The number of nitrogens with one attached hydrogen (secondary N) is 1. The fourth-order valence-electron chi connectivity index (χ4n) is 5.51. The molecule has 50 heavy (non-hydrogen) atoms. The maximum Gasteiger partial charge on any atom is 0.305 e. The minimum absolute atomic E-state index is 0. The Balaban J connectivity index is 0.000000226. The zero-order valence-corrected chi connectivity index (χ0v) is 29.9. The number of aryl methyl sites for hydroxylation is 4. The number of hydrogen-bond donors (Lipinski definition) is 2. The van der Waals surface area contributed by atoms with Gasteiger partial charge in [-0.2, -0.15) is 4.39 Å². The minimum Gasteiger partial charge on any atom is -0.376 e. The lowest BCUT2D eigenvalue weighted by Crippen LogP contribution is -2.21. The van der Waals surface area contributed by atoms with Gasteiger partial charge in [-0.3, -0.25) is 20.2 Å². The van der Waals surface area contributed by atoms with Crippen LogP contribution in [0.4, 0.5) is 21.5 Å². The molecule has 2 aromatic heterocycles. The van der Waals surface area contributed by atoms with E-state index in [1.54, 1.807) is 39.8 Å².